The summed E-state index contributed by atoms with van der Waals surface area (Å²) in [5.74, 6) is -1.11. The van der Waals surface area contributed by atoms with Gasteiger partial charge in [0, 0.05) is 19.3 Å². The quantitative estimate of drug-likeness (QED) is 0.646. The summed E-state index contributed by atoms with van der Waals surface area (Å²) in [7, 11) is 1.26. The van der Waals surface area contributed by atoms with Crippen LogP contribution in [-0.2, 0) is 23.8 Å². The lowest BCUT2D eigenvalue weighted by Gasteiger charge is -2.27. The van der Waals surface area contributed by atoms with Gasteiger partial charge < -0.3 is 24.4 Å². The van der Waals surface area contributed by atoms with Crippen LogP contribution < -0.4 is 10.2 Å². The molecule has 1 amide bonds. The summed E-state index contributed by atoms with van der Waals surface area (Å²) >= 11 is 0. The lowest BCUT2D eigenvalue weighted by molar-refractivity contribution is -0.147. The molecule has 0 aromatic carbocycles. The highest BCUT2D eigenvalue weighted by molar-refractivity contribution is 5.92. The minimum absolute atomic E-state index is 0.107. The summed E-state index contributed by atoms with van der Waals surface area (Å²) in [6, 6.07) is 2.56. The number of nitrogens with zero attached hydrogens (tertiary/aromatic N) is 2. The topological polar surface area (TPSA) is 107 Å². The Balaban J connectivity index is 1.86. The van der Waals surface area contributed by atoms with E-state index in [2.05, 4.69) is 15.2 Å². The standard InChI is InChI=1S/C19H27N3O6/c1-4-13(2)17(19(25)26-3)21-16(23)12-28-18(24)14-5-6-15(20-11-14)22-7-9-27-10-8-22/h5-6,11,13,17H,4,7-10,12H2,1-3H3,(H,21,23). The van der Waals surface area contributed by atoms with E-state index in [9.17, 15) is 14.4 Å². The van der Waals surface area contributed by atoms with Gasteiger partial charge in [-0.25, -0.2) is 14.6 Å². The number of pyridine rings is 1. The van der Waals surface area contributed by atoms with Crippen molar-refractivity contribution in [3.05, 3.63) is 23.9 Å². The average Bonchev–Trinajstić information content (AvgIpc) is 2.75. The Morgan fingerprint density at radius 1 is 1.29 bits per heavy atom. The van der Waals surface area contributed by atoms with E-state index in [1.54, 1.807) is 12.1 Å². The van der Waals surface area contributed by atoms with Gasteiger partial charge >= 0.3 is 11.9 Å². The number of methoxy groups -OCH3 is 1. The number of amides is 1. The van der Waals surface area contributed by atoms with E-state index >= 15 is 0 Å². The molecule has 9 nitrogen and oxygen atoms in total. The summed E-state index contributed by atoms with van der Waals surface area (Å²) in [5.41, 5.74) is 0.247. The molecule has 2 atom stereocenters. The van der Waals surface area contributed by atoms with Gasteiger partial charge in [0.25, 0.3) is 5.91 Å². The van der Waals surface area contributed by atoms with Crippen molar-refractivity contribution >= 4 is 23.7 Å². The van der Waals surface area contributed by atoms with Crippen LogP contribution in [0.15, 0.2) is 18.3 Å². The Labute approximate surface area is 164 Å². The maximum Gasteiger partial charge on any atom is 0.340 e. The number of ether oxygens (including phenoxy) is 3. The van der Waals surface area contributed by atoms with E-state index in [0.29, 0.717) is 19.6 Å². The fourth-order valence-corrected chi connectivity index (χ4v) is 2.71. The first kappa shape index (κ1) is 21.6. The minimum atomic E-state index is -0.782. The molecule has 0 saturated carbocycles. The molecule has 2 heterocycles. The number of rotatable bonds is 8. The number of nitrogens with one attached hydrogen (secondary N) is 1. The molecule has 1 saturated heterocycles. The molecule has 1 aromatic rings. The molecule has 1 aromatic heterocycles. The second-order valence-corrected chi connectivity index (χ2v) is 6.53. The van der Waals surface area contributed by atoms with Crippen molar-refractivity contribution < 1.29 is 28.6 Å². The third kappa shape index (κ3) is 5.91. The normalized spacial score (nSPS) is 16.0. The molecule has 1 aliphatic rings. The predicted octanol–water partition coefficient (Wildman–Crippen LogP) is 0.779. The van der Waals surface area contributed by atoms with Crippen molar-refractivity contribution in [2.45, 2.75) is 26.3 Å². The second kappa shape index (κ2) is 10.6. The molecular weight excluding hydrogens is 366 g/mol. The average molecular weight is 393 g/mol. The Kier molecular flexibility index (Phi) is 8.19. The zero-order valence-electron chi connectivity index (χ0n) is 16.5. The van der Waals surface area contributed by atoms with Gasteiger partial charge in [-0.2, -0.15) is 0 Å². The number of hydrogen-bond acceptors (Lipinski definition) is 8. The maximum absolute atomic E-state index is 12.1. The van der Waals surface area contributed by atoms with Gasteiger partial charge in [0.2, 0.25) is 0 Å². The van der Waals surface area contributed by atoms with Crippen molar-refractivity contribution in [2.24, 2.45) is 5.92 Å². The molecule has 0 aliphatic carbocycles. The smallest absolute Gasteiger partial charge is 0.340 e. The summed E-state index contributed by atoms with van der Waals surface area (Å²) in [5, 5.41) is 2.55. The largest absolute Gasteiger partial charge is 0.467 e. The molecule has 9 heteroatoms. The van der Waals surface area contributed by atoms with Gasteiger partial charge in [-0.3, -0.25) is 4.79 Å². The molecule has 0 bridgehead atoms. The first-order valence-electron chi connectivity index (χ1n) is 9.29. The minimum Gasteiger partial charge on any atom is -0.467 e. The summed E-state index contributed by atoms with van der Waals surface area (Å²) in [4.78, 5) is 42.3. The van der Waals surface area contributed by atoms with Gasteiger partial charge in [-0.05, 0) is 18.1 Å². The number of morpholine rings is 1. The van der Waals surface area contributed by atoms with Crippen LogP contribution >= 0.6 is 0 Å². The molecular formula is C19H27N3O6. The van der Waals surface area contributed by atoms with E-state index in [-0.39, 0.29) is 11.5 Å². The zero-order chi connectivity index (χ0) is 20.5. The first-order valence-corrected chi connectivity index (χ1v) is 9.29. The van der Waals surface area contributed by atoms with E-state index in [1.807, 2.05) is 13.8 Å². The fourth-order valence-electron chi connectivity index (χ4n) is 2.71. The van der Waals surface area contributed by atoms with Gasteiger partial charge in [-0.15, -0.1) is 0 Å². The lowest BCUT2D eigenvalue weighted by atomic mass is 9.99. The molecule has 0 spiro atoms. The van der Waals surface area contributed by atoms with Crippen LogP contribution in [0.25, 0.3) is 0 Å². The molecule has 28 heavy (non-hydrogen) atoms. The zero-order valence-corrected chi connectivity index (χ0v) is 16.5. The van der Waals surface area contributed by atoms with Crippen LogP contribution in [0.2, 0.25) is 0 Å². The van der Waals surface area contributed by atoms with Crippen LogP contribution in [0.1, 0.15) is 30.6 Å². The second-order valence-electron chi connectivity index (χ2n) is 6.53. The molecule has 2 unspecified atom stereocenters. The monoisotopic (exact) mass is 393 g/mol. The number of anilines is 1. The van der Waals surface area contributed by atoms with Crippen molar-refractivity contribution in [3.63, 3.8) is 0 Å². The summed E-state index contributed by atoms with van der Waals surface area (Å²) in [6.07, 6.45) is 2.10. The molecule has 1 aliphatic heterocycles. The first-order chi connectivity index (χ1) is 13.5. The molecule has 154 valence electrons. The Hall–Kier alpha value is -2.68. The third-order valence-corrected chi connectivity index (χ3v) is 4.64. The van der Waals surface area contributed by atoms with Crippen molar-refractivity contribution in [1.29, 1.82) is 0 Å². The van der Waals surface area contributed by atoms with Gasteiger partial charge in [-0.1, -0.05) is 20.3 Å². The van der Waals surface area contributed by atoms with Gasteiger partial charge in [0.15, 0.2) is 6.61 Å². The Bertz CT molecular complexity index is 673. The van der Waals surface area contributed by atoms with Crippen LogP contribution in [0.5, 0.6) is 0 Å². The van der Waals surface area contributed by atoms with E-state index in [4.69, 9.17) is 14.2 Å². The van der Waals surface area contributed by atoms with Crippen LogP contribution in [-0.4, -0.2) is 68.9 Å². The highest BCUT2D eigenvalue weighted by Crippen LogP contribution is 2.14. The Morgan fingerprint density at radius 3 is 2.57 bits per heavy atom. The molecule has 1 fully saturated rings. The Morgan fingerprint density at radius 2 is 2.00 bits per heavy atom. The molecule has 1 N–H and O–H groups in total. The van der Waals surface area contributed by atoms with Gasteiger partial charge in [0.05, 0.1) is 25.9 Å². The molecule has 2 rings (SSSR count). The van der Waals surface area contributed by atoms with E-state index in [1.165, 1.54) is 13.3 Å². The van der Waals surface area contributed by atoms with Crippen molar-refractivity contribution in [1.82, 2.24) is 10.3 Å². The SMILES string of the molecule is CCC(C)C(NC(=O)COC(=O)c1ccc(N2CCOCC2)nc1)C(=O)OC. The highest BCUT2D eigenvalue weighted by atomic mass is 16.5. The van der Waals surface area contributed by atoms with Crippen LogP contribution in [0.4, 0.5) is 5.82 Å². The predicted molar refractivity (Wildman–Crippen MR) is 101 cm³/mol. The van der Waals surface area contributed by atoms with Crippen molar-refractivity contribution in [2.75, 3.05) is 44.9 Å². The van der Waals surface area contributed by atoms with E-state index < -0.39 is 30.5 Å². The lowest BCUT2D eigenvalue weighted by Crippen LogP contribution is -2.47. The van der Waals surface area contributed by atoms with Crippen LogP contribution in [0, 0.1) is 5.92 Å². The number of esters is 2. The van der Waals surface area contributed by atoms with Crippen LogP contribution in [0.3, 0.4) is 0 Å². The van der Waals surface area contributed by atoms with Crippen molar-refractivity contribution in [3.8, 4) is 0 Å². The third-order valence-electron chi connectivity index (χ3n) is 4.64. The number of hydrogen-bond donors (Lipinski definition) is 1. The molecule has 0 radical (unpaired) electrons. The summed E-state index contributed by atoms with van der Waals surface area (Å²) < 4.78 is 15.0. The maximum atomic E-state index is 12.1. The van der Waals surface area contributed by atoms with Gasteiger partial charge in [0.1, 0.15) is 11.9 Å². The number of aromatic nitrogens is 1. The number of carbonyl (C=O) groups is 3. The van der Waals surface area contributed by atoms with E-state index in [0.717, 1.165) is 18.9 Å². The fraction of sp³-hybridized carbons (Fsp3) is 0.579. The summed E-state index contributed by atoms with van der Waals surface area (Å²) in [6.45, 7) is 6.01. The highest BCUT2D eigenvalue weighted by Gasteiger charge is 2.27. The number of carbonyl (C=O) groups excluding carboxylic acids is 3.